The molecule has 1 unspecified atom stereocenters. The monoisotopic (exact) mass is 419 g/mol. The van der Waals surface area contributed by atoms with Crippen LogP contribution >= 0.6 is 12.6 Å². The zero-order valence-corrected chi connectivity index (χ0v) is 16.4. The summed E-state index contributed by atoms with van der Waals surface area (Å²) in [5, 5.41) is 17.2. The zero-order chi connectivity index (χ0) is 21.4. The van der Waals surface area contributed by atoms with E-state index in [0.717, 1.165) is 0 Å². The molecule has 0 aromatic heterocycles. The van der Waals surface area contributed by atoms with Gasteiger partial charge in [0.05, 0.1) is 23.8 Å². The Morgan fingerprint density at radius 2 is 2.04 bits per heavy atom. The summed E-state index contributed by atoms with van der Waals surface area (Å²) < 4.78 is 0. The second kappa shape index (κ2) is 11.0. The fourth-order valence-corrected chi connectivity index (χ4v) is 3.32. The van der Waals surface area contributed by atoms with E-state index in [1.165, 1.54) is 11.8 Å². The predicted octanol–water partition coefficient (Wildman–Crippen LogP) is -0.159. The van der Waals surface area contributed by atoms with Crippen molar-refractivity contribution in [3.05, 3.63) is 10.1 Å². The summed E-state index contributed by atoms with van der Waals surface area (Å²) in [6, 6.07) is -2.09. The molecule has 0 aromatic carbocycles. The van der Waals surface area contributed by atoms with Crippen LogP contribution in [0.2, 0.25) is 0 Å². The van der Waals surface area contributed by atoms with Crippen molar-refractivity contribution in [2.75, 3.05) is 13.2 Å². The Hall–Kier alpha value is -2.21. The van der Waals surface area contributed by atoms with E-state index in [2.05, 4.69) is 17.5 Å². The number of amides is 1. The molecule has 0 saturated carbocycles. The maximum absolute atomic E-state index is 12.6. The molecule has 1 amide bonds. The van der Waals surface area contributed by atoms with Crippen molar-refractivity contribution in [3.63, 3.8) is 0 Å². The van der Waals surface area contributed by atoms with Crippen LogP contribution in [0.3, 0.4) is 0 Å². The Labute approximate surface area is 167 Å². The van der Waals surface area contributed by atoms with Crippen molar-refractivity contribution in [1.29, 1.82) is 0 Å². The smallest absolute Gasteiger partial charge is 0.326 e. The van der Waals surface area contributed by atoms with E-state index in [0.29, 0.717) is 19.4 Å². The first-order chi connectivity index (χ1) is 13.1. The Balaban J connectivity index is 2.55. The number of aliphatic carboxylic acids is 1. The first-order valence-corrected chi connectivity index (χ1v) is 9.37. The molecule has 0 spiro atoms. The first kappa shape index (κ1) is 23.8. The first-order valence-electron chi connectivity index (χ1n) is 8.86. The summed E-state index contributed by atoms with van der Waals surface area (Å²) in [5.74, 6) is -3.44. The van der Waals surface area contributed by atoms with Crippen LogP contribution < -0.4 is 5.73 Å². The summed E-state index contributed by atoms with van der Waals surface area (Å²) in [5.41, 5.74) is 5.76. The number of carbonyl (C=O) groups is 4. The van der Waals surface area contributed by atoms with Crippen molar-refractivity contribution in [2.45, 2.75) is 56.4 Å². The van der Waals surface area contributed by atoms with E-state index < -0.39 is 46.0 Å². The van der Waals surface area contributed by atoms with Crippen LogP contribution in [0, 0.1) is 16.0 Å². The largest absolute Gasteiger partial charge is 0.480 e. The Morgan fingerprint density at radius 1 is 1.39 bits per heavy atom. The summed E-state index contributed by atoms with van der Waals surface area (Å²) in [4.78, 5) is 63.4. The lowest BCUT2D eigenvalue weighted by Crippen LogP contribution is -2.48. The van der Waals surface area contributed by atoms with Gasteiger partial charge in [0, 0.05) is 19.4 Å². The second-order valence-corrected chi connectivity index (χ2v) is 7.23. The maximum atomic E-state index is 12.6. The molecule has 1 rings (SSSR count). The molecule has 1 fully saturated rings. The Morgan fingerprint density at radius 3 is 2.61 bits per heavy atom. The lowest BCUT2D eigenvalue weighted by Gasteiger charge is -2.28. The van der Waals surface area contributed by atoms with Crippen LogP contribution in [0.5, 0.6) is 0 Å². The lowest BCUT2D eigenvalue weighted by atomic mass is 9.95. The average molecular weight is 419 g/mol. The molecule has 12 heteroatoms. The molecule has 1 heterocycles. The molecule has 1 saturated heterocycles. The number of hydrogen-bond donors (Lipinski definition) is 3. The molecular weight excluding hydrogens is 394 g/mol. The van der Waals surface area contributed by atoms with E-state index >= 15 is 0 Å². The molecular formula is C16H25N3O8S. The quantitative estimate of drug-likeness (QED) is 0.168. The van der Waals surface area contributed by atoms with Gasteiger partial charge in [0.15, 0.2) is 5.78 Å². The number of Topliss-reactive ketones (excluding diaryl/α,β-unsaturated/α-hetero) is 2. The summed E-state index contributed by atoms with van der Waals surface area (Å²) in [6.07, 6.45) is 0.721. The number of hydrogen-bond acceptors (Lipinski definition) is 9. The van der Waals surface area contributed by atoms with E-state index in [4.69, 9.17) is 5.73 Å². The fraction of sp³-hybridized carbons (Fsp3) is 0.750. The highest BCUT2D eigenvalue weighted by Gasteiger charge is 2.39. The van der Waals surface area contributed by atoms with Crippen molar-refractivity contribution < 1.29 is 34.2 Å². The Bertz CT molecular complexity index is 629. The van der Waals surface area contributed by atoms with Crippen LogP contribution in [0.15, 0.2) is 0 Å². The lowest BCUT2D eigenvalue weighted by molar-refractivity contribution is -0.757. The minimum atomic E-state index is -1.17. The average Bonchev–Trinajstić information content (AvgIpc) is 3.12. The molecule has 0 radical (unpaired) electrons. The minimum absolute atomic E-state index is 0.0331. The number of carboxylic acid groups (broad SMARTS) is 1. The van der Waals surface area contributed by atoms with Gasteiger partial charge in [-0.3, -0.25) is 14.4 Å². The summed E-state index contributed by atoms with van der Waals surface area (Å²) >= 11 is 4.17. The number of ketones is 2. The number of nitrogens with two attached hydrogens (primary N) is 1. The van der Waals surface area contributed by atoms with Gasteiger partial charge < -0.3 is 20.6 Å². The summed E-state index contributed by atoms with van der Waals surface area (Å²) in [7, 11) is 0. The van der Waals surface area contributed by atoms with Crippen molar-refractivity contribution >= 4 is 36.1 Å². The third kappa shape index (κ3) is 6.75. The number of carboxylic acids is 1. The highest BCUT2D eigenvalue weighted by atomic mass is 32.1. The van der Waals surface area contributed by atoms with Gasteiger partial charge >= 0.3 is 5.97 Å². The molecule has 158 valence electrons. The van der Waals surface area contributed by atoms with Gasteiger partial charge in [-0.2, -0.15) is 12.6 Å². The summed E-state index contributed by atoms with van der Waals surface area (Å²) in [6.45, 7) is 1.54. The number of nitrogens with zero attached hydrogens (tertiary/aromatic N) is 2. The van der Waals surface area contributed by atoms with Gasteiger partial charge in [-0.1, -0.05) is 6.92 Å². The van der Waals surface area contributed by atoms with Crippen molar-refractivity contribution in [2.24, 2.45) is 11.7 Å². The van der Waals surface area contributed by atoms with E-state index in [9.17, 15) is 34.4 Å². The van der Waals surface area contributed by atoms with Crippen LogP contribution in [0.4, 0.5) is 0 Å². The Kier molecular flexibility index (Phi) is 9.32. The minimum Gasteiger partial charge on any atom is -0.480 e. The van der Waals surface area contributed by atoms with Crippen LogP contribution in [-0.4, -0.2) is 69.0 Å². The van der Waals surface area contributed by atoms with Gasteiger partial charge in [0.25, 0.3) is 5.09 Å². The number of rotatable bonds is 12. The van der Waals surface area contributed by atoms with Crippen LogP contribution in [-0.2, 0) is 24.0 Å². The van der Waals surface area contributed by atoms with Gasteiger partial charge in [0.1, 0.15) is 11.8 Å². The number of thiol groups is 1. The highest BCUT2D eigenvalue weighted by molar-refractivity contribution is 7.81. The second-order valence-electron chi connectivity index (χ2n) is 6.67. The van der Waals surface area contributed by atoms with E-state index in [1.807, 2.05) is 0 Å². The third-order valence-electron chi connectivity index (χ3n) is 4.59. The molecule has 11 nitrogen and oxygen atoms in total. The van der Waals surface area contributed by atoms with Gasteiger partial charge in [0.2, 0.25) is 5.91 Å². The molecule has 28 heavy (non-hydrogen) atoms. The van der Waals surface area contributed by atoms with Crippen LogP contribution in [0.1, 0.15) is 39.0 Å². The fourth-order valence-electron chi connectivity index (χ4n) is 3.01. The van der Waals surface area contributed by atoms with Gasteiger partial charge in [-0.05, 0) is 19.3 Å². The van der Waals surface area contributed by atoms with Crippen molar-refractivity contribution in [1.82, 2.24) is 4.90 Å². The predicted molar refractivity (Wildman–Crippen MR) is 99.1 cm³/mol. The molecule has 3 N–H and O–H groups in total. The van der Waals surface area contributed by atoms with E-state index in [-0.39, 0.29) is 31.7 Å². The topological polar surface area (TPSA) is 170 Å². The zero-order valence-electron chi connectivity index (χ0n) is 15.5. The molecule has 4 atom stereocenters. The highest BCUT2D eigenvalue weighted by Crippen LogP contribution is 2.23. The van der Waals surface area contributed by atoms with Crippen molar-refractivity contribution in [3.8, 4) is 0 Å². The molecule has 0 aliphatic carbocycles. The normalized spacial score (nSPS) is 19.5. The maximum Gasteiger partial charge on any atom is 0.326 e. The van der Waals surface area contributed by atoms with Gasteiger partial charge in [-0.15, -0.1) is 10.1 Å². The third-order valence-corrected chi connectivity index (χ3v) is 5.29. The molecule has 0 bridgehead atoms. The SMILES string of the molecule is C[C@@H](C(=O)N1CCC[C@H]1C(=O)O)C(S)C(=O)[C@@H](N)CC(=O)CCCO[N+](=O)[O-]. The van der Waals surface area contributed by atoms with Gasteiger partial charge in [-0.25, -0.2) is 4.79 Å². The number of likely N-dealkylation sites (tertiary alicyclic amines) is 1. The standard InChI is InChI=1S/C16H25N3O8S/c1-9(15(22)18-6-2-5-12(18)16(23)24)14(28)13(21)11(17)8-10(20)4-3-7-27-19(25)26/h9,11-12,14,28H,2-8,17H2,1H3,(H,23,24)/t9-,11+,12+,14?/m1/s1. The molecule has 0 aromatic rings. The van der Waals surface area contributed by atoms with Crippen LogP contribution in [0.25, 0.3) is 0 Å². The van der Waals surface area contributed by atoms with E-state index in [1.54, 1.807) is 0 Å². The number of carbonyl (C=O) groups excluding carboxylic acids is 3. The molecule has 1 aliphatic rings. The molecule has 1 aliphatic heterocycles.